The molecular weight excluding hydrogens is 236 g/mol. The number of nitrogens with zero attached hydrogens (tertiary/aromatic N) is 2. The number of pyridine rings is 1. The van der Waals surface area contributed by atoms with E-state index < -0.39 is 0 Å². The van der Waals surface area contributed by atoms with Gasteiger partial charge in [-0.3, -0.25) is 4.98 Å². The van der Waals surface area contributed by atoms with Crippen LogP contribution in [0.25, 0.3) is 0 Å². The van der Waals surface area contributed by atoms with Crippen LogP contribution < -0.4 is 15.5 Å². The van der Waals surface area contributed by atoms with Gasteiger partial charge in [-0.05, 0) is 50.3 Å². The molecule has 0 aromatic carbocycles. The zero-order chi connectivity index (χ0) is 13.1. The molecule has 3 heterocycles. The van der Waals surface area contributed by atoms with Crippen LogP contribution in [0.2, 0.25) is 0 Å². The quantitative estimate of drug-likeness (QED) is 0.854. The number of piperidine rings is 2. The van der Waals surface area contributed by atoms with Crippen LogP contribution in [-0.2, 0) is 0 Å². The summed E-state index contributed by atoms with van der Waals surface area (Å²) in [6, 6.07) is 2.13. The van der Waals surface area contributed by atoms with Gasteiger partial charge in [0.15, 0.2) is 0 Å². The molecule has 2 aliphatic heterocycles. The van der Waals surface area contributed by atoms with Crippen molar-refractivity contribution in [1.82, 2.24) is 10.3 Å². The summed E-state index contributed by atoms with van der Waals surface area (Å²) < 4.78 is 0. The van der Waals surface area contributed by atoms with Gasteiger partial charge in [0, 0.05) is 26.3 Å². The Kier molecular flexibility index (Phi) is 3.60. The highest BCUT2D eigenvalue weighted by Crippen LogP contribution is 2.41. The third-order valence-electron chi connectivity index (χ3n) is 4.90. The molecule has 0 aliphatic carbocycles. The second-order valence-corrected chi connectivity index (χ2v) is 5.88. The van der Waals surface area contributed by atoms with Crippen molar-refractivity contribution in [3.63, 3.8) is 0 Å². The molecule has 2 N–H and O–H groups in total. The van der Waals surface area contributed by atoms with E-state index in [4.69, 9.17) is 0 Å². The average molecular weight is 260 g/mol. The molecule has 0 saturated carbocycles. The van der Waals surface area contributed by atoms with Gasteiger partial charge in [-0.1, -0.05) is 0 Å². The summed E-state index contributed by atoms with van der Waals surface area (Å²) >= 11 is 0. The predicted octanol–water partition coefficient (Wildman–Crippen LogP) is 2.09. The van der Waals surface area contributed by atoms with Gasteiger partial charge in [0.25, 0.3) is 0 Å². The third-order valence-corrected chi connectivity index (χ3v) is 4.90. The van der Waals surface area contributed by atoms with E-state index in [1.807, 2.05) is 19.4 Å². The van der Waals surface area contributed by atoms with Gasteiger partial charge in [-0.25, -0.2) is 0 Å². The van der Waals surface area contributed by atoms with Crippen LogP contribution in [0.15, 0.2) is 18.5 Å². The molecule has 2 fully saturated rings. The van der Waals surface area contributed by atoms with Gasteiger partial charge < -0.3 is 15.5 Å². The van der Waals surface area contributed by atoms with Crippen molar-refractivity contribution in [1.29, 1.82) is 0 Å². The molecule has 19 heavy (non-hydrogen) atoms. The highest BCUT2D eigenvalue weighted by atomic mass is 15.2. The Morgan fingerprint density at radius 2 is 1.95 bits per heavy atom. The van der Waals surface area contributed by atoms with Gasteiger partial charge in [0.2, 0.25) is 0 Å². The number of aromatic nitrogens is 1. The maximum atomic E-state index is 4.20. The molecule has 4 heteroatoms. The first-order chi connectivity index (χ1) is 9.33. The maximum Gasteiger partial charge on any atom is 0.0761 e. The predicted molar refractivity (Wildman–Crippen MR) is 79.8 cm³/mol. The van der Waals surface area contributed by atoms with E-state index in [0.29, 0.717) is 5.41 Å². The van der Waals surface area contributed by atoms with Crippen molar-refractivity contribution in [2.75, 3.05) is 43.4 Å². The summed E-state index contributed by atoms with van der Waals surface area (Å²) in [6.07, 6.45) is 9.20. The van der Waals surface area contributed by atoms with E-state index in [2.05, 4.69) is 26.6 Å². The Morgan fingerprint density at radius 3 is 2.63 bits per heavy atom. The Morgan fingerprint density at radius 1 is 1.21 bits per heavy atom. The third kappa shape index (κ3) is 2.54. The summed E-state index contributed by atoms with van der Waals surface area (Å²) in [6.45, 7) is 4.77. The van der Waals surface area contributed by atoms with Gasteiger partial charge >= 0.3 is 0 Å². The van der Waals surface area contributed by atoms with Crippen LogP contribution in [0.5, 0.6) is 0 Å². The monoisotopic (exact) mass is 260 g/mol. The fourth-order valence-electron chi connectivity index (χ4n) is 3.53. The van der Waals surface area contributed by atoms with Crippen molar-refractivity contribution >= 4 is 11.4 Å². The average Bonchev–Trinajstić information content (AvgIpc) is 2.49. The second kappa shape index (κ2) is 5.37. The summed E-state index contributed by atoms with van der Waals surface area (Å²) in [7, 11) is 1.97. The highest BCUT2D eigenvalue weighted by Gasteiger charge is 2.35. The smallest absolute Gasteiger partial charge is 0.0761 e. The Bertz CT molecular complexity index is 416. The normalized spacial score (nSPS) is 22.5. The minimum Gasteiger partial charge on any atom is -0.385 e. The lowest BCUT2D eigenvalue weighted by atomic mass is 9.71. The summed E-state index contributed by atoms with van der Waals surface area (Å²) in [5, 5.41) is 6.74. The molecule has 0 atom stereocenters. The number of rotatable bonds is 2. The molecule has 0 amide bonds. The molecule has 2 aliphatic rings. The molecule has 1 spiro atoms. The molecule has 0 bridgehead atoms. The topological polar surface area (TPSA) is 40.2 Å². The largest absolute Gasteiger partial charge is 0.385 e. The van der Waals surface area contributed by atoms with E-state index in [-0.39, 0.29) is 0 Å². The lowest BCUT2D eigenvalue weighted by molar-refractivity contribution is 0.155. The number of hydrogen-bond donors (Lipinski definition) is 2. The van der Waals surface area contributed by atoms with Gasteiger partial charge in [0.1, 0.15) is 0 Å². The molecule has 1 aromatic heterocycles. The van der Waals surface area contributed by atoms with Gasteiger partial charge in [0.05, 0.1) is 17.6 Å². The fourth-order valence-corrected chi connectivity index (χ4v) is 3.53. The Labute approximate surface area is 115 Å². The van der Waals surface area contributed by atoms with E-state index in [1.165, 1.54) is 57.5 Å². The highest BCUT2D eigenvalue weighted by molar-refractivity contribution is 5.68. The minimum absolute atomic E-state index is 0.620. The first-order valence-electron chi connectivity index (χ1n) is 7.40. The number of hydrogen-bond acceptors (Lipinski definition) is 4. The van der Waals surface area contributed by atoms with Crippen LogP contribution in [0, 0.1) is 5.41 Å². The molecule has 3 rings (SSSR count). The zero-order valence-electron chi connectivity index (χ0n) is 11.8. The van der Waals surface area contributed by atoms with Gasteiger partial charge in [-0.15, -0.1) is 0 Å². The van der Waals surface area contributed by atoms with Crippen molar-refractivity contribution in [3.05, 3.63) is 18.5 Å². The summed E-state index contributed by atoms with van der Waals surface area (Å²) in [5.41, 5.74) is 3.07. The molecule has 1 aromatic rings. The van der Waals surface area contributed by atoms with E-state index >= 15 is 0 Å². The lowest BCUT2D eigenvalue weighted by Crippen LogP contribution is -2.45. The van der Waals surface area contributed by atoms with E-state index in [1.54, 1.807) is 0 Å². The van der Waals surface area contributed by atoms with Crippen LogP contribution in [0.1, 0.15) is 25.7 Å². The fraction of sp³-hybridized carbons (Fsp3) is 0.667. The van der Waals surface area contributed by atoms with Crippen molar-refractivity contribution in [2.45, 2.75) is 25.7 Å². The Balaban J connectivity index is 1.69. The first kappa shape index (κ1) is 12.7. The zero-order valence-corrected chi connectivity index (χ0v) is 11.8. The second-order valence-electron chi connectivity index (χ2n) is 5.88. The van der Waals surface area contributed by atoms with E-state index in [9.17, 15) is 0 Å². The lowest BCUT2D eigenvalue weighted by Gasteiger charge is -2.45. The molecular formula is C15H24N4. The van der Waals surface area contributed by atoms with Crippen LogP contribution in [0.4, 0.5) is 11.4 Å². The van der Waals surface area contributed by atoms with Crippen LogP contribution >= 0.6 is 0 Å². The molecule has 4 nitrogen and oxygen atoms in total. The van der Waals surface area contributed by atoms with Crippen LogP contribution in [-0.4, -0.2) is 38.2 Å². The van der Waals surface area contributed by atoms with Crippen molar-refractivity contribution in [3.8, 4) is 0 Å². The Hall–Kier alpha value is -1.29. The van der Waals surface area contributed by atoms with E-state index in [0.717, 1.165) is 5.69 Å². The van der Waals surface area contributed by atoms with Crippen LogP contribution in [0.3, 0.4) is 0 Å². The maximum absolute atomic E-state index is 4.20. The standard InChI is InChI=1S/C15H24N4/c1-16-13-12-18-7-2-14(13)19-10-5-15(6-11-19)3-8-17-9-4-15/h2,7,12,16-17H,3-6,8-11H2,1H3. The molecule has 0 radical (unpaired) electrons. The van der Waals surface area contributed by atoms with Gasteiger partial charge in [-0.2, -0.15) is 0 Å². The SMILES string of the molecule is CNc1cnccc1N1CCC2(CCNCC2)CC1. The first-order valence-corrected chi connectivity index (χ1v) is 7.40. The molecule has 0 unspecified atom stereocenters. The summed E-state index contributed by atoms with van der Waals surface area (Å²) in [4.78, 5) is 6.71. The summed E-state index contributed by atoms with van der Waals surface area (Å²) in [5.74, 6) is 0. The molecule has 104 valence electrons. The number of anilines is 2. The minimum atomic E-state index is 0.620. The molecule has 2 saturated heterocycles. The van der Waals surface area contributed by atoms with Crippen molar-refractivity contribution in [2.24, 2.45) is 5.41 Å². The van der Waals surface area contributed by atoms with Crippen molar-refractivity contribution < 1.29 is 0 Å². The number of nitrogens with one attached hydrogen (secondary N) is 2.